The van der Waals surface area contributed by atoms with Gasteiger partial charge in [-0.05, 0) is 18.9 Å². The van der Waals surface area contributed by atoms with E-state index in [2.05, 4.69) is 0 Å². The number of hydrogen-bond acceptors (Lipinski definition) is 3. The highest BCUT2D eigenvalue weighted by Crippen LogP contribution is 2.33. The summed E-state index contributed by atoms with van der Waals surface area (Å²) in [5.41, 5.74) is -0.115. The Kier molecular flexibility index (Phi) is 5.42. The second-order valence-electron chi connectivity index (χ2n) is 5.11. The molecule has 0 radical (unpaired) electrons. The Bertz CT molecular complexity index is 555. The lowest BCUT2D eigenvalue weighted by Gasteiger charge is -2.25. The first-order chi connectivity index (χ1) is 10.0. The molecule has 0 N–H and O–H groups in total. The van der Waals surface area contributed by atoms with Gasteiger partial charge in [-0.1, -0.05) is 42.5 Å². The highest BCUT2D eigenvalue weighted by atomic mass is 35.5. The van der Waals surface area contributed by atoms with Crippen LogP contribution in [0.1, 0.15) is 42.5 Å². The van der Waals surface area contributed by atoms with Gasteiger partial charge in [0.25, 0.3) is 11.6 Å². The summed E-state index contributed by atoms with van der Waals surface area (Å²) in [6.07, 6.45) is 5.31. The van der Waals surface area contributed by atoms with Gasteiger partial charge >= 0.3 is 0 Å². The predicted octanol–water partition coefficient (Wildman–Crippen LogP) is 4.31. The van der Waals surface area contributed by atoms with Crippen molar-refractivity contribution in [3.63, 3.8) is 0 Å². The Morgan fingerprint density at radius 3 is 2.24 bits per heavy atom. The summed E-state index contributed by atoms with van der Waals surface area (Å²) in [6.45, 7) is 1.35. The van der Waals surface area contributed by atoms with Crippen molar-refractivity contribution in [1.29, 1.82) is 0 Å². The van der Waals surface area contributed by atoms with Gasteiger partial charge in [-0.15, -0.1) is 0 Å². The second kappa shape index (κ2) is 7.09. The van der Waals surface area contributed by atoms with Crippen molar-refractivity contribution in [1.82, 2.24) is 4.90 Å². The Morgan fingerprint density at radius 1 is 1.10 bits per heavy atom. The topological polar surface area (TPSA) is 63.4 Å². The Hall–Kier alpha value is -1.33. The SMILES string of the molecule is O=C(c1cc(Cl)c(Cl)c([N+](=O)[O-])c1)N1CCCCCCC1. The van der Waals surface area contributed by atoms with Crippen LogP contribution in [0.3, 0.4) is 0 Å². The largest absolute Gasteiger partial charge is 0.339 e. The fourth-order valence-corrected chi connectivity index (χ4v) is 2.86. The third-order valence-corrected chi connectivity index (χ3v) is 4.39. The maximum Gasteiger partial charge on any atom is 0.290 e. The number of benzene rings is 1. The molecule has 5 nitrogen and oxygen atoms in total. The fraction of sp³-hybridized carbons (Fsp3) is 0.500. The summed E-state index contributed by atoms with van der Waals surface area (Å²) < 4.78 is 0. The minimum absolute atomic E-state index is 0.0289. The molecule has 1 aromatic rings. The van der Waals surface area contributed by atoms with Crippen LogP contribution in [0, 0.1) is 10.1 Å². The molecule has 0 aromatic heterocycles. The first-order valence-corrected chi connectivity index (χ1v) is 7.69. The molecule has 21 heavy (non-hydrogen) atoms. The third-order valence-electron chi connectivity index (χ3n) is 3.60. The van der Waals surface area contributed by atoms with E-state index in [0.717, 1.165) is 25.7 Å². The lowest BCUT2D eigenvalue weighted by atomic mass is 10.1. The van der Waals surface area contributed by atoms with Crippen molar-refractivity contribution < 1.29 is 9.72 Å². The van der Waals surface area contributed by atoms with Crippen LogP contribution in [0.4, 0.5) is 5.69 Å². The third kappa shape index (κ3) is 3.86. The first-order valence-electron chi connectivity index (χ1n) is 6.93. The van der Waals surface area contributed by atoms with E-state index in [4.69, 9.17) is 23.2 Å². The maximum atomic E-state index is 12.5. The standard InChI is InChI=1S/C14H16Cl2N2O3/c15-11-8-10(9-12(13(11)16)18(20)21)14(19)17-6-4-2-1-3-5-7-17/h8-9H,1-7H2. The van der Waals surface area contributed by atoms with E-state index in [0.29, 0.717) is 13.1 Å². The number of nitro benzene ring substituents is 1. The molecule has 1 aromatic carbocycles. The second-order valence-corrected chi connectivity index (χ2v) is 5.89. The molecule has 0 saturated carbocycles. The molecule has 1 aliphatic rings. The van der Waals surface area contributed by atoms with Crippen LogP contribution >= 0.6 is 23.2 Å². The van der Waals surface area contributed by atoms with E-state index < -0.39 is 4.92 Å². The molecular weight excluding hydrogens is 315 g/mol. The zero-order valence-electron chi connectivity index (χ0n) is 11.5. The van der Waals surface area contributed by atoms with Crippen LogP contribution in [0.25, 0.3) is 0 Å². The van der Waals surface area contributed by atoms with Crippen molar-refractivity contribution in [2.45, 2.75) is 32.1 Å². The van der Waals surface area contributed by atoms with Crippen molar-refractivity contribution in [2.24, 2.45) is 0 Å². The van der Waals surface area contributed by atoms with E-state index >= 15 is 0 Å². The van der Waals surface area contributed by atoms with Gasteiger partial charge in [0.05, 0.1) is 9.95 Å². The number of carbonyl (C=O) groups excluding carboxylic acids is 1. The predicted molar refractivity (Wildman–Crippen MR) is 82.1 cm³/mol. The number of likely N-dealkylation sites (tertiary alicyclic amines) is 1. The number of amides is 1. The first kappa shape index (κ1) is 16.0. The Morgan fingerprint density at radius 2 is 1.67 bits per heavy atom. The lowest BCUT2D eigenvalue weighted by molar-refractivity contribution is -0.384. The summed E-state index contributed by atoms with van der Waals surface area (Å²) in [5, 5.41) is 10.9. The number of halogens is 2. The molecule has 0 spiro atoms. The highest BCUT2D eigenvalue weighted by Gasteiger charge is 2.23. The maximum absolute atomic E-state index is 12.5. The Balaban J connectivity index is 2.27. The van der Waals surface area contributed by atoms with E-state index in [1.807, 2.05) is 0 Å². The van der Waals surface area contributed by atoms with E-state index in [-0.39, 0.29) is 27.2 Å². The fourth-order valence-electron chi connectivity index (χ4n) is 2.46. The smallest absolute Gasteiger partial charge is 0.290 e. The van der Waals surface area contributed by atoms with Crippen molar-refractivity contribution >= 4 is 34.8 Å². The minimum Gasteiger partial charge on any atom is -0.339 e. The van der Waals surface area contributed by atoms with E-state index in [1.54, 1.807) is 4.90 Å². The summed E-state index contributed by atoms with van der Waals surface area (Å²) in [6, 6.07) is 2.60. The molecule has 7 heteroatoms. The van der Waals surface area contributed by atoms with E-state index in [1.165, 1.54) is 18.6 Å². The molecule has 1 heterocycles. The molecule has 1 fully saturated rings. The quantitative estimate of drug-likeness (QED) is 0.599. The zero-order chi connectivity index (χ0) is 15.4. The molecule has 0 bridgehead atoms. The van der Waals surface area contributed by atoms with Gasteiger partial charge in [0, 0.05) is 24.7 Å². The van der Waals surface area contributed by atoms with Gasteiger partial charge in [0.1, 0.15) is 5.02 Å². The summed E-state index contributed by atoms with van der Waals surface area (Å²) in [5.74, 6) is -0.224. The average molecular weight is 331 g/mol. The van der Waals surface area contributed by atoms with Crippen LogP contribution in [-0.4, -0.2) is 28.8 Å². The monoisotopic (exact) mass is 330 g/mol. The minimum atomic E-state index is -0.627. The van der Waals surface area contributed by atoms with Crippen LogP contribution in [0.5, 0.6) is 0 Å². The van der Waals surface area contributed by atoms with Crippen LogP contribution in [0.2, 0.25) is 10.0 Å². The summed E-state index contributed by atoms with van der Waals surface area (Å²) in [7, 11) is 0. The average Bonchev–Trinajstić information content (AvgIpc) is 2.40. The highest BCUT2D eigenvalue weighted by molar-refractivity contribution is 6.43. The van der Waals surface area contributed by atoms with Crippen molar-refractivity contribution in [2.75, 3.05) is 13.1 Å². The number of hydrogen-bond donors (Lipinski definition) is 0. The van der Waals surface area contributed by atoms with Crippen molar-refractivity contribution in [3.05, 3.63) is 37.9 Å². The Labute approximate surface area is 133 Å². The number of carbonyl (C=O) groups is 1. The van der Waals surface area contributed by atoms with Crippen LogP contribution in [0.15, 0.2) is 12.1 Å². The molecule has 1 saturated heterocycles. The number of nitro groups is 1. The van der Waals surface area contributed by atoms with Gasteiger partial charge in [0.15, 0.2) is 0 Å². The summed E-state index contributed by atoms with van der Waals surface area (Å²) in [4.78, 5) is 24.6. The molecule has 0 unspecified atom stereocenters. The lowest BCUT2D eigenvalue weighted by Crippen LogP contribution is -2.33. The molecule has 1 amide bonds. The van der Waals surface area contributed by atoms with Gasteiger partial charge in [-0.2, -0.15) is 0 Å². The van der Waals surface area contributed by atoms with Gasteiger partial charge in [-0.25, -0.2) is 0 Å². The van der Waals surface area contributed by atoms with Crippen LogP contribution < -0.4 is 0 Å². The van der Waals surface area contributed by atoms with Crippen molar-refractivity contribution in [3.8, 4) is 0 Å². The molecular formula is C14H16Cl2N2O3. The number of rotatable bonds is 2. The molecule has 0 atom stereocenters. The molecule has 1 aliphatic heterocycles. The molecule has 2 rings (SSSR count). The number of nitrogens with zero attached hydrogens (tertiary/aromatic N) is 2. The zero-order valence-corrected chi connectivity index (χ0v) is 13.0. The molecule has 114 valence electrons. The van der Waals surface area contributed by atoms with E-state index in [9.17, 15) is 14.9 Å². The molecule has 0 aliphatic carbocycles. The summed E-state index contributed by atoms with van der Waals surface area (Å²) >= 11 is 11.7. The normalized spacial score (nSPS) is 16.2. The van der Waals surface area contributed by atoms with Crippen LogP contribution in [-0.2, 0) is 0 Å². The van der Waals surface area contributed by atoms with Gasteiger partial charge in [-0.3, -0.25) is 14.9 Å². The van der Waals surface area contributed by atoms with Gasteiger partial charge < -0.3 is 4.90 Å². The van der Waals surface area contributed by atoms with Gasteiger partial charge in [0.2, 0.25) is 0 Å².